The fourth-order valence-corrected chi connectivity index (χ4v) is 1.25. The van der Waals surface area contributed by atoms with Gasteiger partial charge in [0, 0.05) is 7.11 Å². The quantitative estimate of drug-likeness (QED) is 0.673. The van der Waals surface area contributed by atoms with Gasteiger partial charge in [0.1, 0.15) is 6.04 Å². The maximum absolute atomic E-state index is 10.8. The van der Waals surface area contributed by atoms with Crippen LogP contribution in [-0.2, 0) is 9.53 Å². The Hall–Kier alpha value is -0.610. The maximum atomic E-state index is 10.8. The minimum absolute atomic E-state index is 0.623. The Kier molecular flexibility index (Phi) is 3.67. The number of aliphatic carboxylic acids is 1. The molecule has 0 aromatic rings. The van der Waals surface area contributed by atoms with Crippen LogP contribution in [0.4, 0.5) is 0 Å². The first-order valence-electron chi connectivity index (χ1n) is 3.77. The lowest BCUT2D eigenvalue weighted by Gasteiger charge is -2.34. The molecular weight excluding hydrogens is 158 g/mol. The molecule has 0 aromatic carbocycles. The maximum Gasteiger partial charge on any atom is 0.323 e. The summed E-state index contributed by atoms with van der Waals surface area (Å²) in [5.74, 6) is -0.869. The summed E-state index contributed by atoms with van der Waals surface area (Å²) in [6.07, 6.45) is 0. The number of hydrogen-bond acceptors (Lipinski definition) is 3. The molecule has 0 aliphatic carbocycles. The van der Waals surface area contributed by atoms with Crippen molar-refractivity contribution in [2.75, 3.05) is 21.2 Å². The summed E-state index contributed by atoms with van der Waals surface area (Å²) in [4.78, 5) is 12.5. The van der Waals surface area contributed by atoms with Crippen LogP contribution in [0, 0.1) is 0 Å². The van der Waals surface area contributed by atoms with Crippen LogP contribution in [-0.4, -0.2) is 48.8 Å². The van der Waals surface area contributed by atoms with Gasteiger partial charge in [-0.3, -0.25) is 9.69 Å². The van der Waals surface area contributed by atoms with Crippen LogP contribution >= 0.6 is 0 Å². The second kappa shape index (κ2) is 3.87. The minimum atomic E-state index is -0.869. The molecule has 1 unspecified atom stereocenters. The second-order valence-electron chi connectivity index (χ2n) is 3.51. The lowest BCUT2D eigenvalue weighted by molar-refractivity contribution is -0.153. The fourth-order valence-electron chi connectivity index (χ4n) is 1.25. The third-order valence-corrected chi connectivity index (χ3v) is 1.93. The molecule has 0 rings (SSSR count). The average molecular weight is 175 g/mol. The number of carboxylic acids is 1. The zero-order valence-electron chi connectivity index (χ0n) is 8.29. The summed E-state index contributed by atoms with van der Waals surface area (Å²) in [5.41, 5.74) is -0.671. The minimum Gasteiger partial charge on any atom is -0.480 e. The summed E-state index contributed by atoms with van der Waals surface area (Å²) < 4.78 is 5.10. The Labute approximate surface area is 73.1 Å². The van der Waals surface area contributed by atoms with Gasteiger partial charge < -0.3 is 9.84 Å². The first-order chi connectivity index (χ1) is 5.33. The third-order valence-electron chi connectivity index (χ3n) is 1.93. The van der Waals surface area contributed by atoms with Crippen molar-refractivity contribution >= 4 is 5.97 Å². The fraction of sp³-hybridized carbons (Fsp3) is 0.875. The third kappa shape index (κ3) is 2.46. The highest BCUT2D eigenvalue weighted by Gasteiger charge is 2.36. The molecule has 0 fully saturated rings. The molecule has 0 bridgehead atoms. The van der Waals surface area contributed by atoms with Crippen molar-refractivity contribution in [2.45, 2.75) is 25.5 Å². The molecule has 0 aromatic heterocycles. The van der Waals surface area contributed by atoms with E-state index in [1.54, 1.807) is 32.8 Å². The summed E-state index contributed by atoms with van der Waals surface area (Å²) in [6.45, 7) is 3.51. The molecule has 0 saturated carbocycles. The number of carbonyl (C=O) groups is 1. The van der Waals surface area contributed by atoms with E-state index in [1.165, 1.54) is 7.11 Å². The lowest BCUT2D eigenvalue weighted by Crippen LogP contribution is -2.52. The molecule has 0 spiro atoms. The van der Waals surface area contributed by atoms with E-state index in [1.807, 2.05) is 0 Å². The van der Waals surface area contributed by atoms with Crippen LogP contribution in [0.15, 0.2) is 0 Å². The summed E-state index contributed by atoms with van der Waals surface area (Å²) >= 11 is 0. The molecule has 0 saturated heterocycles. The molecule has 12 heavy (non-hydrogen) atoms. The Morgan fingerprint density at radius 1 is 1.50 bits per heavy atom. The van der Waals surface area contributed by atoms with E-state index in [4.69, 9.17) is 9.84 Å². The summed E-state index contributed by atoms with van der Waals surface area (Å²) in [7, 11) is 4.96. The first kappa shape index (κ1) is 11.4. The average Bonchev–Trinajstić information content (AvgIpc) is 1.84. The van der Waals surface area contributed by atoms with Crippen LogP contribution in [0.2, 0.25) is 0 Å². The van der Waals surface area contributed by atoms with Crippen LogP contribution < -0.4 is 0 Å². The molecular formula is C8H17NO3. The molecule has 1 N–H and O–H groups in total. The second-order valence-corrected chi connectivity index (χ2v) is 3.51. The monoisotopic (exact) mass is 175 g/mol. The highest BCUT2D eigenvalue weighted by atomic mass is 16.5. The van der Waals surface area contributed by atoms with E-state index < -0.39 is 17.6 Å². The molecule has 72 valence electrons. The molecule has 0 heterocycles. The predicted molar refractivity (Wildman–Crippen MR) is 46.2 cm³/mol. The van der Waals surface area contributed by atoms with Gasteiger partial charge in [0.15, 0.2) is 0 Å². The van der Waals surface area contributed by atoms with Gasteiger partial charge in [-0.15, -0.1) is 0 Å². The highest BCUT2D eigenvalue weighted by molar-refractivity contribution is 5.75. The molecule has 0 radical (unpaired) electrons. The normalized spacial score (nSPS) is 14.8. The number of rotatable bonds is 4. The molecule has 4 heteroatoms. The highest BCUT2D eigenvalue weighted by Crippen LogP contribution is 2.17. The van der Waals surface area contributed by atoms with E-state index >= 15 is 0 Å². The zero-order chi connectivity index (χ0) is 9.94. The van der Waals surface area contributed by atoms with Gasteiger partial charge in [0.2, 0.25) is 0 Å². The molecule has 0 aliphatic heterocycles. The largest absolute Gasteiger partial charge is 0.480 e. The van der Waals surface area contributed by atoms with E-state index in [-0.39, 0.29) is 0 Å². The van der Waals surface area contributed by atoms with Gasteiger partial charge in [-0.05, 0) is 27.9 Å². The van der Waals surface area contributed by atoms with Crippen LogP contribution in [0.5, 0.6) is 0 Å². The Balaban J connectivity index is 4.62. The van der Waals surface area contributed by atoms with E-state index in [0.29, 0.717) is 0 Å². The van der Waals surface area contributed by atoms with Gasteiger partial charge in [-0.1, -0.05) is 0 Å². The summed E-state index contributed by atoms with van der Waals surface area (Å²) in [6, 6.07) is -0.623. The molecule has 0 amide bonds. The van der Waals surface area contributed by atoms with Crippen molar-refractivity contribution in [3.05, 3.63) is 0 Å². The van der Waals surface area contributed by atoms with Crippen LogP contribution in [0.3, 0.4) is 0 Å². The lowest BCUT2D eigenvalue weighted by atomic mass is 9.98. The van der Waals surface area contributed by atoms with Crippen molar-refractivity contribution in [1.29, 1.82) is 0 Å². The van der Waals surface area contributed by atoms with E-state index in [2.05, 4.69) is 0 Å². The van der Waals surface area contributed by atoms with Gasteiger partial charge in [0.25, 0.3) is 0 Å². The van der Waals surface area contributed by atoms with E-state index in [9.17, 15) is 4.79 Å². The van der Waals surface area contributed by atoms with Gasteiger partial charge in [-0.2, -0.15) is 0 Å². The predicted octanol–water partition coefficient (Wildman–Crippen LogP) is 0.426. The van der Waals surface area contributed by atoms with Gasteiger partial charge in [0.05, 0.1) is 5.60 Å². The smallest absolute Gasteiger partial charge is 0.323 e. The van der Waals surface area contributed by atoms with E-state index in [0.717, 1.165) is 0 Å². The van der Waals surface area contributed by atoms with Crippen molar-refractivity contribution in [3.63, 3.8) is 0 Å². The standard InChI is InChI=1S/C8H17NO3/c1-8(2,12-5)6(7(10)11)9(3)4/h6H,1-5H3,(H,10,11). The summed E-state index contributed by atoms with van der Waals surface area (Å²) in [5, 5.41) is 8.89. The number of ether oxygens (including phenoxy) is 1. The number of hydrogen-bond donors (Lipinski definition) is 1. The van der Waals surface area contributed by atoms with Crippen molar-refractivity contribution < 1.29 is 14.6 Å². The number of likely N-dealkylation sites (N-methyl/N-ethyl adjacent to an activating group) is 1. The topological polar surface area (TPSA) is 49.8 Å². The molecule has 0 aliphatic rings. The van der Waals surface area contributed by atoms with Crippen LogP contribution in [0.25, 0.3) is 0 Å². The number of methoxy groups -OCH3 is 1. The molecule has 4 nitrogen and oxygen atoms in total. The Bertz CT molecular complexity index is 166. The van der Waals surface area contributed by atoms with Crippen molar-refractivity contribution in [3.8, 4) is 0 Å². The SMILES string of the molecule is COC(C)(C)C(C(=O)O)N(C)C. The van der Waals surface area contributed by atoms with Gasteiger partial charge in [-0.25, -0.2) is 0 Å². The number of carboxylic acid groups (broad SMARTS) is 1. The Morgan fingerprint density at radius 3 is 2.00 bits per heavy atom. The Morgan fingerprint density at radius 2 is 1.92 bits per heavy atom. The van der Waals surface area contributed by atoms with Crippen molar-refractivity contribution in [1.82, 2.24) is 4.90 Å². The number of nitrogens with zero attached hydrogens (tertiary/aromatic N) is 1. The van der Waals surface area contributed by atoms with Crippen LogP contribution in [0.1, 0.15) is 13.8 Å². The van der Waals surface area contributed by atoms with Gasteiger partial charge >= 0.3 is 5.97 Å². The zero-order valence-corrected chi connectivity index (χ0v) is 8.29. The first-order valence-corrected chi connectivity index (χ1v) is 3.77. The molecule has 1 atom stereocenters. The van der Waals surface area contributed by atoms with Crippen molar-refractivity contribution in [2.24, 2.45) is 0 Å².